The van der Waals surface area contributed by atoms with Crippen LogP contribution in [-0.4, -0.2) is 8.42 Å². The van der Waals surface area contributed by atoms with E-state index in [0.717, 1.165) is 11.3 Å². The molecule has 0 saturated carbocycles. The molecule has 102 valence electrons. The average molecular weight is 316 g/mol. The van der Waals surface area contributed by atoms with Gasteiger partial charge >= 0.3 is 0 Å². The molecule has 0 aliphatic rings. The standard InChI is InChI=1S/C13H14ClNO2S2/c1-3-12-11(7-8-18-12)15-19(16,17)13-6-4-5-10(14)9(13)2/h4-8,15H,3H2,1-2H3. The van der Waals surface area contributed by atoms with Crippen LogP contribution < -0.4 is 4.72 Å². The average Bonchev–Trinajstić information content (AvgIpc) is 2.78. The van der Waals surface area contributed by atoms with Crippen molar-refractivity contribution < 1.29 is 8.42 Å². The molecule has 2 rings (SSSR count). The fourth-order valence-corrected chi connectivity index (χ4v) is 4.22. The highest BCUT2D eigenvalue weighted by Crippen LogP contribution is 2.28. The third-order valence-corrected chi connectivity index (χ3v) is 5.80. The van der Waals surface area contributed by atoms with Crippen molar-refractivity contribution in [1.82, 2.24) is 0 Å². The summed E-state index contributed by atoms with van der Waals surface area (Å²) in [6.07, 6.45) is 0.796. The predicted octanol–water partition coefficient (Wildman–Crippen LogP) is 4.07. The minimum Gasteiger partial charge on any atom is -0.278 e. The van der Waals surface area contributed by atoms with E-state index in [2.05, 4.69) is 4.72 Å². The van der Waals surface area contributed by atoms with Crippen LogP contribution in [0.5, 0.6) is 0 Å². The lowest BCUT2D eigenvalue weighted by Gasteiger charge is -2.11. The van der Waals surface area contributed by atoms with Crippen LogP contribution in [0.25, 0.3) is 0 Å². The lowest BCUT2D eigenvalue weighted by molar-refractivity contribution is 0.600. The zero-order chi connectivity index (χ0) is 14.0. The third-order valence-electron chi connectivity index (χ3n) is 2.82. The first-order valence-corrected chi connectivity index (χ1v) is 8.54. The van der Waals surface area contributed by atoms with E-state index in [1.807, 2.05) is 12.3 Å². The number of nitrogens with one attached hydrogen (secondary N) is 1. The van der Waals surface area contributed by atoms with Crippen molar-refractivity contribution >= 4 is 38.6 Å². The Balaban J connectivity index is 2.41. The Morgan fingerprint density at radius 3 is 2.74 bits per heavy atom. The van der Waals surface area contributed by atoms with Crippen molar-refractivity contribution in [2.24, 2.45) is 0 Å². The number of rotatable bonds is 4. The van der Waals surface area contributed by atoms with Gasteiger partial charge in [-0.15, -0.1) is 11.3 Å². The topological polar surface area (TPSA) is 46.2 Å². The normalized spacial score (nSPS) is 11.5. The van der Waals surface area contributed by atoms with Gasteiger partial charge in [-0.3, -0.25) is 4.72 Å². The largest absolute Gasteiger partial charge is 0.278 e. The number of halogens is 1. The summed E-state index contributed by atoms with van der Waals surface area (Å²) in [6, 6.07) is 6.65. The zero-order valence-corrected chi connectivity index (χ0v) is 13.0. The molecule has 0 unspecified atom stereocenters. The molecule has 0 atom stereocenters. The highest BCUT2D eigenvalue weighted by atomic mass is 35.5. The first-order valence-electron chi connectivity index (χ1n) is 5.80. The smallest absolute Gasteiger partial charge is 0.262 e. The molecular formula is C13H14ClNO2S2. The molecule has 0 fully saturated rings. The second kappa shape index (κ2) is 5.53. The van der Waals surface area contributed by atoms with Gasteiger partial charge in [0.1, 0.15) is 0 Å². The Hall–Kier alpha value is -1.04. The summed E-state index contributed by atoms with van der Waals surface area (Å²) in [4.78, 5) is 1.23. The summed E-state index contributed by atoms with van der Waals surface area (Å²) in [5.74, 6) is 0. The molecular weight excluding hydrogens is 302 g/mol. The van der Waals surface area contributed by atoms with Crippen LogP contribution in [0.4, 0.5) is 5.69 Å². The fourth-order valence-electron chi connectivity index (χ4n) is 1.78. The summed E-state index contributed by atoms with van der Waals surface area (Å²) in [6.45, 7) is 3.69. The van der Waals surface area contributed by atoms with Crippen molar-refractivity contribution in [3.8, 4) is 0 Å². The van der Waals surface area contributed by atoms with Gasteiger partial charge in [0.2, 0.25) is 0 Å². The number of aryl methyl sites for hydroxylation is 1. The first kappa shape index (κ1) is 14.4. The Kier molecular flexibility index (Phi) is 4.18. The molecule has 2 aromatic rings. The Labute approximate surface area is 122 Å². The summed E-state index contributed by atoms with van der Waals surface area (Å²) in [5.41, 5.74) is 1.21. The van der Waals surface area contributed by atoms with Crippen molar-refractivity contribution in [2.75, 3.05) is 4.72 Å². The minimum absolute atomic E-state index is 0.216. The maximum Gasteiger partial charge on any atom is 0.262 e. The Bertz CT molecular complexity index is 692. The number of hydrogen-bond donors (Lipinski definition) is 1. The molecule has 0 saturated heterocycles. The molecule has 0 radical (unpaired) electrons. The molecule has 3 nitrogen and oxygen atoms in total. The molecule has 1 N–H and O–H groups in total. The van der Waals surface area contributed by atoms with E-state index in [1.165, 1.54) is 11.3 Å². The van der Waals surface area contributed by atoms with E-state index in [4.69, 9.17) is 11.6 Å². The van der Waals surface area contributed by atoms with Crippen LogP contribution in [-0.2, 0) is 16.4 Å². The maximum atomic E-state index is 12.4. The quantitative estimate of drug-likeness (QED) is 0.924. The van der Waals surface area contributed by atoms with Gasteiger partial charge in [0.15, 0.2) is 0 Å². The lowest BCUT2D eigenvalue weighted by Crippen LogP contribution is -2.14. The fraction of sp³-hybridized carbons (Fsp3) is 0.231. The zero-order valence-electron chi connectivity index (χ0n) is 10.6. The van der Waals surface area contributed by atoms with Crippen LogP contribution in [0.2, 0.25) is 5.02 Å². The third kappa shape index (κ3) is 2.94. The highest BCUT2D eigenvalue weighted by molar-refractivity contribution is 7.92. The van der Waals surface area contributed by atoms with Crippen molar-refractivity contribution in [3.63, 3.8) is 0 Å². The molecule has 0 bridgehead atoms. The van der Waals surface area contributed by atoms with E-state index in [-0.39, 0.29) is 4.90 Å². The van der Waals surface area contributed by atoms with E-state index in [1.54, 1.807) is 31.2 Å². The van der Waals surface area contributed by atoms with Gasteiger partial charge in [-0.2, -0.15) is 0 Å². The van der Waals surface area contributed by atoms with E-state index < -0.39 is 10.0 Å². The summed E-state index contributed by atoms with van der Waals surface area (Å²) in [5, 5.41) is 2.32. The Morgan fingerprint density at radius 1 is 1.32 bits per heavy atom. The van der Waals surface area contributed by atoms with Crippen LogP contribution in [0.1, 0.15) is 17.4 Å². The van der Waals surface area contributed by atoms with Gasteiger partial charge in [-0.05, 0) is 42.5 Å². The van der Waals surface area contributed by atoms with E-state index >= 15 is 0 Å². The molecule has 6 heteroatoms. The maximum absolute atomic E-state index is 12.4. The molecule has 0 aliphatic carbocycles. The monoisotopic (exact) mass is 315 g/mol. The van der Waals surface area contributed by atoms with Gasteiger partial charge in [0.25, 0.3) is 10.0 Å². The minimum atomic E-state index is -3.60. The van der Waals surface area contributed by atoms with Gasteiger partial charge in [-0.25, -0.2) is 8.42 Å². The Morgan fingerprint density at radius 2 is 2.05 bits per heavy atom. The summed E-state index contributed by atoms with van der Waals surface area (Å²) < 4.78 is 27.4. The van der Waals surface area contributed by atoms with Gasteiger partial charge in [-0.1, -0.05) is 24.6 Å². The molecule has 0 aliphatic heterocycles. The summed E-state index contributed by atoms with van der Waals surface area (Å²) >= 11 is 7.51. The molecule has 1 aromatic heterocycles. The lowest BCUT2D eigenvalue weighted by atomic mass is 10.2. The molecule has 19 heavy (non-hydrogen) atoms. The van der Waals surface area contributed by atoms with Crippen molar-refractivity contribution in [2.45, 2.75) is 25.2 Å². The second-order valence-electron chi connectivity index (χ2n) is 4.08. The first-order chi connectivity index (χ1) is 8.95. The molecule has 1 aromatic carbocycles. The number of anilines is 1. The number of hydrogen-bond acceptors (Lipinski definition) is 3. The molecule has 0 amide bonds. The van der Waals surface area contributed by atoms with Gasteiger partial charge < -0.3 is 0 Å². The van der Waals surface area contributed by atoms with E-state index in [9.17, 15) is 8.42 Å². The molecule has 1 heterocycles. The number of sulfonamides is 1. The van der Waals surface area contributed by atoms with Crippen LogP contribution in [0.3, 0.4) is 0 Å². The van der Waals surface area contributed by atoms with Gasteiger partial charge in [0.05, 0.1) is 10.6 Å². The van der Waals surface area contributed by atoms with Crippen LogP contribution in [0, 0.1) is 6.92 Å². The number of thiophene rings is 1. The van der Waals surface area contributed by atoms with E-state index in [0.29, 0.717) is 16.3 Å². The van der Waals surface area contributed by atoms with Crippen LogP contribution >= 0.6 is 22.9 Å². The SMILES string of the molecule is CCc1sccc1NS(=O)(=O)c1cccc(Cl)c1C. The molecule has 0 spiro atoms. The highest BCUT2D eigenvalue weighted by Gasteiger charge is 2.19. The second-order valence-corrected chi connectivity index (χ2v) is 7.14. The van der Waals surface area contributed by atoms with Crippen LogP contribution in [0.15, 0.2) is 34.5 Å². The predicted molar refractivity (Wildman–Crippen MR) is 80.7 cm³/mol. The van der Waals surface area contributed by atoms with Crippen molar-refractivity contribution in [1.29, 1.82) is 0 Å². The van der Waals surface area contributed by atoms with Gasteiger partial charge in [0, 0.05) is 9.90 Å². The number of benzene rings is 1. The van der Waals surface area contributed by atoms with Crippen molar-refractivity contribution in [3.05, 3.63) is 45.1 Å². The summed E-state index contributed by atoms with van der Waals surface area (Å²) in [7, 11) is -3.60.